The minimum Gasteiger partial charge on any atom is -0.394 e. The minimum atomic E-state index is -1.78. The van der Waals surface area contributed by atoms with E-state index >= 15 is 0 Å². The molecule has 0 spiro atoms. The highest BCUT2D eigenvalue weighted by atomic mass is 16.7. The third-order valence-electron chi connectivity index (χ3n) is 12.8. The van der Waals surface area contributed by atoms with Gasteiger partial charge in [-0.05, 0) is 12.8 Å². The summed E-state index contributed by atoms with van der Waals surface area (Å²) in [5.74, 6) is -0.945. The number of nitrogens with one attached hydrogen (secondary N) is 1. The Morgan fingerprint density at radius 2 is 0.852 bits per heavy atom. The number of rotatable bonds is 43. The number of ether oxygens (including phenoxy) is 2. The molecule has 1 amide bonds. The fourth-order valence-electron chi connectivity index (χ4n) is 8.47. The number of carbonyl (C=O) groups is 1. The molecule has 1 rings (SSSR count). The van der Waals surface area contributed by atoms with E-state index in [1.165, 1.54) is 154 Å². The van der Waals surface area contributed by atoms with Gasteiger partial charge in [0.25, 0.3) is 5.91 Å². The molecule has 0 unspecified atom stereocenters. The highest BCUT2D eigenvalue weighted by Crippen LogP contribution is 2.23. The van der Waals surface area contributed by atoms with Gasteiger partial charge in [0.05, 0.1) is 31.5 Å². The Bertz CT molecular complexity index is 977. The van der Waals surface area contributed by atoms with Gasteiger partial charge in [0.1, 0.15) is 30.5 Å². The first-order valence-corrected chi connectivity index (χ1v) is 25.5. The van der Waals surface area contributed by atoms with E-state index in [0.717, 1.165) is 38.5 Å². The van der Waals surface area contributed by atoms with Crippen molar-refractivity contribution in [1.29, 1.82) is 0 Å². The predicted octanol–water partition coefficient (Wildman–Crippen LogP) is 8.03. The Morgan fingerprint density at radius 1 is 0.508 bits per heavy atom. The van der Waals surface area contributed by atoms with Crippen LogP contribution >= 0.6 is 0 Å². The summed E-state index contributed by atoms with van der Waals surface area (Å²) in [5.41, 5.74) is 0. The van der Waals surface area contributed by atoms with Crippen LogP contribution in [0.3, 0.4) is 0 Å². The fraction of sp³-hybridized carbons (Fsp3) is 0.980. The zero-order valence-electron chi connectivity index (χ0n) is 39.0. The lowest BCUT2D eigenvalue weighted by Gasteiger charge is -2.40. The summed E-state index contributed by atoms with van der Waals surface area (Å²) < 4.78 is 11.0. The molecule has 0 saturated carbocycles. The highest BCUT2D eigenvalue weighted by molar-refractivity contribution is 5.81. The summed E-state index contributed by atoms with van der Waals surface area (Å²) in [7, 11) is 0. The lowest BCUT2D eigenvalue weighted by molar-refractivity contribution is -0.303. The summed E-state index contributed by atoms with van der Waals surface area (Å²) in [5, 5.41) is 86.4. The molecule has 0 aromatic rings. The topological polar surface area (TPSA) is 209 Å². The van der Waals surface area contributed by atoms with E-state index in [1.54, 1.807) is 0 Å². The maximum absolute atomic E-state index is 13.2. The molecule has 1 saturated heterocycles. The summed E-state index contributed by atoms with van der Waals surface area (Å²) in [4.78, 5) is 13.2. The first-order valence-electron chi connectivity index (χ1n) is 25.5. The Kier molecular flexibility index (Phi) is 37.6. The van der Waals surface area contributed by atoms with Crippen LogP contribution in [-0.2, 0) is 14.3 Å². The van der Waals surface area contributed by atoms with Gasteiger partial charge in [0.15, 0.2) is 12.4 Å². The molecule has 0 radical (unpaired) electrons. The van der Waals surface area contributed by atoms with Crippen LogP contribution in [0, 0.1) is 0 Å². The molecule has 0 aromatic carbocycles. The van der Waals surface area contributed by atoms with Crippen LogP contribution in [0.25, 0.3) is 0 Å². The molecule has 61 heavy (non-hydrogen) atoms. The number of aliphatic hydroxyl groups excluding tert-OH is 8. The van der Waals surface area contributed by atoms with Gasteiger partial charge in [-0.2, -0.15) is 0 Å². The molecule has 0 aromatic heterocycles. The monoisotopic (exact) mass is 876 g/mol. The van der Waals surface area contributed by atoms with Crippen molar-refractivity contribution in [1.82, 2.24) is 5.32 Å². The van der Waals surface area contributed by atoms with Crippen LogP contribution in [0.1, 0.15) is 232 Å². The van der Waals surface area contributed by atoms with Crippen molar-refractivity contribution in [2.75, 3.05) is 13.2 Å². The van der Waals surface area contributed by atoms with E-state index in [-0.39, 0.29) is 12.8 Å². The van der Waals surface area contributed by atoms with Crippen LogP contribution in [-0.4, -0.2) is 121 Å². The van der Waals surface area contributed by atoms with Crippen molar-refractivity contribution in [2.24, 2.45) is 0 Å². The second-order valence-corrected chi connectivity index (χ2v) is 18.4. The van der Waals surface area contributed by atoms with Crippen molar-refractivity contribution >= 4 is 5.91 Å². The van der Waals surface area contributed by atoms with Gasteiger partial charge in [0.2, 0.25) is 0 Å². The Morgan fingerprint density at radius 3 is 1.21 bits per heavy atom. The maximum atomic E-state index is 13.2. The van der Waals surface area contributed by atoms with Gasteiger partial charge in [0, 0.05) is 0 Å². The molecular weight excluding hydrogens is 779 g/mol. The van der Waals surface area contributed by atoms with Crippen LogP contribution in [0.2, 0.25) is 0 Å². The molecule has 10 atom stereocenters. The normalized spacial score (nSPS) is 21.9. The average molecular weight is 876 g/mol. The maximum Gasteiger partial charge on any atom is 0.251 e. The van der Waals surface area contributed by atoms with Crippen molar-refractivity contribution < 1.29 is 55.1 Å². The number of hydrogen-bond donors (Lipinski definition) is 9. The summed E-state index contributed by atoms with van der Waals surface area (Å²) in [6, 6.07) is -1.28. The van der Waals surface area contributed by atoms with E-state index in [0.29, 0.717) is 12.8 Å². The molecule has 364 valence electrons. The SMILES string of the molecule is CCCCCCCCCCCCCCCCCCCCC[C@H](O)[C@@H](O)C(=O)N[C@@H](CO[C@@H]1O[C@H](CO)[C@@H](O)[C@H](O)[C@H]1O)[C@H](O)[C@H](O)CCCCCCCCCCCCCCC. The number of amides is 1. The number of hydrogen-bond acceptors (Lipinski definition) is 11. The molecule has 1 fully saturated rings. The van der Waals surface area contributed by atoms with Crippen LogP contribution < -0.4 is 5.32 Å². The molecule has 0 bridgehead atoms. The summed E-state index contributed by atoms with van der Waals surface area (Å²) in [6.45, 7) is 3.33. The van der Waals surface area contributed by atoms with Gasteiger partial charge in [-0.25, -0.2) is 0 Å². The van der Waals surface area contributed by atoms with Gasteiger partial charge in [-0.3, -0.25) is 4.79 Å². The van der Waals surface area contributed by atoms with Gasteiger partial charge in [-0.1, -0.05) is 219 Å². The summed E-state index contributed by atoms with van der Waals surface area (Å²) >= 11 is 0. The molecule has 12 nitrogen and oxygen atoms in total. The molecule has 1 aliphatic rings. The predicted molar refractivity (Wildman–Crippen MR) is 244 cm³/mol. The summed E-state index contributed by atoms with van der Waals surface area (Å²) in [6.07, 6.45) is 25.8. The number of aliphatic hydroxyl groups is 8. The van der Waals surface area contributed by atoms with Gasteiger partial charge >= 0.3 is 0 Å². The van der Waals surface area contributed by atoms with Crippen molar-refractivity contribution in [3.05, 3.63) is 0 Å². The minimum absolute atomic E-state index is 0.226. The van der Waals surface area contributed by atoms with Gasteiger partial charge < -0.3 is 55.6 Å². The number of carbonyl (C=O) groups excluding carboxylic acids is 1. The van der Waals surface area contributed by atoms with E-state index in [4.69, 9.17) is 9.47 Å². The molecule has 0 aliphatic carbocycles. The molecular formula is C49H97NO11. The lowest BCUT2D eigenvalue weighted by atomic mass is 9.98. The third kappa shape index (κ3) is 28.6. The third-order valence-corrected chi connectivity index (χ3v) is 12.8. The van der Waals surface area contributed by atoms with Crippen molar-refractivity contribution in [2.45, 2.75) is 293 Å². The number of unbranched alkanes of at least 4 members (excludes halogenated alkanes) is 30. The molecule has 1 aliphatic heterocycles. The first-order chi connectivity index (χ1) is 29.6. The van der Waals surface area contributed by atoms with Crippen molar-refractivity contribution in [3.8, 4) is 0 Å². The highest BCUT2D eigenvalue weighted by Gasteiger charge is 2.44. The first kappa shape index (κ1) is 58.1. The van der Waals surface area contributed by atoms with Crippen LogP contribution in [0.5, 0.6) is 0 Å². The van der Waals surface area contributed by atoms with Crippen LogP contribution in [0.4, 0.5) is 0 Å². The zero-order valence-corrected chi connectivity index (χ0v) is 39.0. The fourth-order valence-corrected chi connectivity index (χ4v) is 8.47. The Balaban J connectivity index is 2.42. The quantitative estimate of drug-likeness (QED) is 0.0268. The second-order valence-electron chi connectivity index (χ2n) is 18.4. The molecule has 1 heterocycles. The van der Waals surface area contributed by atoms with E-state index in [1.807, 2.05) is 0 Å². The van der Waals surface area contributed by atoms with E-state index in [9.17, 15) is 45.6 Å². The van der Waals surface area contributed by atoms with E-state index in [2.05, 4.69) is 19.2 Å². The van der Waals surface area contributed by atoms with Crippen LogP contribution in [0.15, 0.2) is 0 Å². The smallest absolute Gasteiger partial charge is 0.251 e. The Labute approximate surface area is 372 Å². The zero-order chi connectivity index (χ0) is 44.9. The Hall–Kier alpha value is -0.930. The average Bonchev–Trinajstić information content (AvgIpc) is 3.26. The molecule has 9 N–H and O–H groups in total. The van der Waals surface area contributed by atoms with Crippen molar-refractivity contribution in [3.63, 3.8) is 0 Å². The largest absolute Gasteiger partial charge is 0.394 e. The standard InChI is InChI=1S/C49H97NO11/c1-3-5-7-9-11-13-15-17-18-19-20-21-22-24-26-28-30-32-34-36-41(53)44(55)48(59)50-39(38-60-49-47(58)46(57)45(56)42(37-51)61-49)43(54)40(52)35-33-31-29-27-25-23-16-14-12-10-8-6-4-2/h39-47,49,51-58H,3-38H2,1-2H3,(H,50,59)/t39-,40+,41-,42+,43-,44+,45+,46-,47+,49+/m0/s1. The lowest BCUT2D eigenvalue weighted by Crippen LogP contribution is -2.60. The van der Waals surface area contributed by atoms with E-state index < -0.39 is 80.3 Å². The molecule has 12 heteroatoms. The second kappa shape index (κ2) is 39.4. The van der Waals surface area contributed by atoms with Gasteiger partial charge in [-0.15, -0.1) is 0 Å².